The number of halogens is 1. The summed E-state index contributed by atoms with van der Waals surface area (Å²) in [6.07, 6.45) is 0. The van der Waals surface area contributed by atoms with Crippen LogP contribution in [0.5, 0.6) is 0 Å². The molecule has 6 nitrogen and oxygen atoms in total. The maximum Gasteiger partial charge on any atom is 0.325 e. The van der Waals surface area contributed by atoms with Crippen molar-refractivity contribution in [2.75, 3.05) is 13.2 Å². The van der Waals surface area contributed by atoms with Gasteiger partial charge in [-0.1, -0.05) is 46.3 Å². The summed E-state index contributed by atoms with van der Waals surface area (Å²) in [6, 6.07) is 14.7. The summed E-state index contributed by atoms with van der Waals surface area (Å²) >= 11 is 3.34. The average molecular weight is 481 g/mol. The van der Waals surface area contributed by atoms with E-state index >= 15 is 0 Å². The van der Waals surface area contributed by atoms with Crippen molar-refractivity contribution in [2.24, 2.45) is 5.41 Å². The molecule has 0 amide bonds. The minimum atomic E-state index is -4.02. The van der Waals surface area contributed by atoms with Crippen LogP contribution < -0.4 is 0 Å². The van der Waals surface area contributed by atoms with Gasteiger partial charge in [0.2, 0.25) is 0 Å². The summed E-state index contributed by atoms with van der Waals surface area (Å²) in [6.45, 7) is 3.25. The van der Waals surface area contributed by atoms with Crippen LogP contribution in [-0.4, -0.2) is 38.8 Å². The number of esters is 2. The van der Waals surface area contributed by atoms with Gasteiger partial charge in [0.25, 0.3) is 0 Å². The van der Waals surface area contributed by atoms with E-state index in [1.165, 1.54) is 12.1 Å². The van der Waals surface area contributed by atoms with Crippen molar-refractivity contribution < 1.29 is 27.5 Å². The molecule has 29 heavy (non-hydrogen) atoms. The number of carbonyl (C=O) groups is 2. The van der Waals surface area contributed by atoms with E-state index in [0.717, 1.165) is 4.47 Å². The zero-order valence-electron chi connectivity index (χ0n) is 16.0. The molecule has 0 aromatic heterocycles. The van der Waals surface area contributed by atoms with E-state index in [0.29, 0.717) is 5.56 Å². The minimum Gasteiger partial charge on any atom is -0.465 e. The number of hydrogen-bond donors (Lipinski definition) is 0. The topological polar surface area (TPSA) is 86.7 Å². The summed E-state index contributed by atoms with van der Waals surface area (Å²) in [5, 5.41) is -1.31. The summed E-state index contributed by atoms with van der Waals surface area (Å²) in [4.78, 5) is 26.0. The molecule has 2 atom stereocenters. The van der Waals surface area contributed by atoms with E-state index in [4.69, 9.17) is 9.47 Å². The van der Waals surface area contributed by atoms with E-state index in [9.17, 15) is 18.0 Å². The molecule has 8 heteroatoms. The molecule has 2 unspecified atom stereocenters. The van der Waals surface area contributed by atoms with Gasteiger partial charge in [0, 0.05) is 10.4 Å². The third-order valence-corrected chi connectivity index (χ3v) is 7.76. The van der Waals surface area contributed by atoms with Crippen LogP contribution in [0.4, 0.5) is 0 Å². The summed E-state index contributed by atoms with van der Waals surface area (Å²) in [7, 11) is -4.02. The van der Waals surface area contributed by atoms with Gasteiger partial charge in [0.15, 0.2) is 15.3 Å². The molecule has 0 N–H and O–H groups in total. The molecule has 1 saturated carbocycles. The maximum atomic E-state index is 13.5. The van der Waals surface area contributed by atoms with Crippen LogP contribution in [0.25, 0.3) is 0 Å². The fourth-order valence-corrected chi connectivity index (χ4v) is 6.29. The Balaban J connectivity index is 2.19. The monoisotopic (exact) mass is 480 g/mol. The highest BCUT2D eigenvalue weighted by Gasteiger charge is 2.81. The molecule has 0 spiro atoms. The largest absolute Gasteiger partial charge is 0.465 e. The van der Waals surface area contributed by atoms with Gasteiger partial charge in [-0.05, 0) is 43.7 Å². The second-order valence-electron chi connectivity index (χ2n) is 6.62. The predicted molar refractivity (Wildman–Crippen MR) is 110 cm³/mol. The lowest BCUT2D eigenvalue weighted by Crippen LogP contribution is -2.35. The third-order valence-electron chi connectivity index (χ3n) is 4.99. The van der Waals surface area contributed by atoms with Crippen LogP contribution in [0.3, 0.4) is 0 Å². The van der Waals surface area contributed by atoms with E-state index < -0.39 is 38.4 Å². The molecule has 1 fully saturated rings. The molecule has 1 aliphatic rings. The van der Waals surface area contributed by atoms with Crippen molar-refractivity contribution in [3.8, 4) is 0 Å². The van der Waals surface area contributed by atoms with Crippen molar-refractivity contribution in [1.29, 1.82) is 0 Å². The van der Waals surface area contributed by atoms with E-state index in [-0.39, 0.29) is 18.1 Å². The van der Waals surface area contributed by atoms with E-state index in [1.807, 2.05) is 0 Å². The number of benzene rings is 2. The second kappa shape index (κ2) is 8.28. The average Bonchev–Trinajstić information content (AvgIpc) is 3.42. The maximum absolute atomic E-state index is 13.5. The molecule has 1 aliphatic carbocycles. The van der Waals surface area contributed by atoms with E-state index in [2.05, 4.69) is 15.9 Å². The van der Waals surface area contributed by atoms with Crippen LogP contribution >= 0.6 is 15.9 Å². The first-order chi connectivity index (χ1) is 13.8. The van der Waals surface area contributed by atoms with Crippen molar-refractivity contribution >= 4 is 37.7 Å². The van der Waals surface area contributed by atoms with Gasteiger partial charge in [-0.3, -0.25) is 9.59 Å². The minimum absolute atomic E-state index is 0.0190. The summed E-state index contributed by atoms with van der Waals surface area (Å²) in [5.41, 5.74) is -1.38. The lowest BCUT2D eigenvalue weighted by molar-refractivity contribution is -0.164. The molecule has 0 aliphatic heterocycles. The molecule has 2 aromatic rings. The number of carbonyl (C=O) groups excluding carboxylic acids is 2. The highest BCUT2D eigenvalue weighted by molar-refractivity contribution is 9.10. The zero-order valence-corrected chi connectivity index (χ0v) is 18.4. The van der Waals surface area contributed by atoms with Gasteiger partial charge in [-0.2, -0.15) is 0 Å². The standard InChI is InChI=1S/C21H21BrO6S/c1-3-27-19(23)21(20(24)28-4-2)17(14-10-12-15(22)13-11-14)18(21)29(25,26)16-8-6-5-7-9-16/h5-13,17-18H,3-4H2,1-2H3. The van der Waals surface area contributed by atoms with Gasteiger partial charge < -0.3 is 9.47 Å². The van der Waals surface area contributed by atoms with Crippen molar-refractivity contribution in [2.45, 2.75) is 29.9 Å². The smallest absolute Gasteiger partial charge is 0.325 e. The fraction of sp³-hybridized carbons (Fsp3) is 0.333. The Kier molecular flexibility index (Phi) is 6.14. The zero-order chi connectivity index (χ0) is 21.2. The van der Waals surface area contributed by atoms with Crippen molar-refractivity contribution in [1.82, 2.24) is 0 Å². The lowest BCUT2D eigenvalue weighted by atomic mass is 9.99. The number of ether oxygens (including phenoxy) is 2. The van der Waals surface area contributed by atoms with Gasteiger partial charge in [-0.25, -0.2) is 8.42 Å². The first-order valence-electron chi connectivity index (χ1n) is 9.20. The molecule has 0 saturated heterocycles. The van der Waals surface area contributed by atoms with Gasteiger partial charge in [-0.15, -0.1) is 0 Å². The summed E-state index contributed by atoms with van der Waals surface area (Å²) in [5.74, 6) is -2.66. The van der Waals surface area contributed by atoms with Crippen LogP contribution in [-0.2, 0) is 28.9 Å². The number of rotatable bonds is 7. The highest BCUT2D eigenvalue weighted by atomic mass is 79.9. The van der Waals surface area contributed by atoms with Crippen LogP contribution in [0.1, 0.15) is 25.3 Å². The van der Waals surface area contributed by atoms with Gasteiger partial charge in [0.05, 0.1) is 18.1 Å². The molecule has 154 valence electrons. The molecular weight excluding hydrogens is 460 g/mol. The quantitative estimate of drug-likeness (QED) is 0.445. The fourth-order valence-electron chi connectivity index (χ4n) is 3.72. The molecule has 0 heterocycles. The van der Waals surface area contributed by atoms with Crippen LogP contribution in [0.2, 0.25) is 0 Å². The van der Waals surface area contributed by atoms with Gasteiger partial charge in [0.1, 0.15) is 5.25 Å². The number of hydrogen-bond acceptors (Lipinski definition) is 6. The van der Waals surface area contributed by atoms with Crippen molar-refractivity contribution in [3.63, 3.8) is 0 Å². The Morgan fingerprint density at radius 3 is 1.93 bits per heavy atom. The van der Waals surface area contributed by atoms with Crippen LogP contribution in [0.15, 0.2) is 64.0 Å². The van der Waals surface area contributed by atoms with Crippen molar-refractivity contribution in [3.05, 3.63) is 64.6 Å². The molecule has 0 radical (unpaired) electrons. The molecule has 3 rings (SSSR count). The Labute approximate surface area is 178 Å². The second-order valence-corrected chi connectivity index (χ2v) is 9.60. The highest BCUT2D eigenvalue weighted by Crippen LogP contribution is 2.65. The SMILES string of the molecule is CCOC(=O)C1(C(=O)OCC)C(c2ccc(Br)cc2)C1S(=O)(=O)c1ccccc1. The normalized spacial score (nSPS) is 20.0. The molecule has 2 aromatic carbocycles. The Morgan fingerprint density at radius 2 is 1.45 bits per heavy atom. The number of sulfone groups is 1. The lowest BCUT2D eigenvalue weighted by Gasteiger charge is -2.15. The first-order valence-corrected chi connectivity index (χ1v) is 11.5. The Hall–Kier alpha value is -2.19. The van der Waals surface area contributed by atoms with Gasteiger partial charge >= 0.3 is 11.9 Å². The Bertz CT molecular complexity index is 983. The Morgan fingerprint density at radius 1 is 0.931 bits per heavy atom. The van der Waals surface area contributed by atoms with Crippen LogP contribution in [0, 0.1) is 5.41 Å². The molecular formula is C21H21BrO6S. The molecule has 0 bridgehead atoms. The first kappa shape index (κ1) is 21.5. The van der Waals surface area contributed by atoms with E-state index in [1.54, 1.807) is 56.3 Å². The predicted octanol–water partition coefficient (Wildman–Crippen LogP) is 3.50. The third kappa shape index (κ3) is 3.59. The summed E-state index contributed by atoms with van der Waals surface area (Å²) < 4.78 is 38.0.